The molecule has 0 aliphatic carbocycles. The van der Waals surface area contributed by atoms with Crippen molar-refractivity contribution in [3.63, 3.8) is 0 Å². The highest BCUT2D eigenvalue weighted by Gasteiger charge is 2.37. The van der Waals surface area contributed by atoms with Crippen molar-refractivity contribution < 1.29 is 4.79 Å². The lowest BCUT2D eigenvalue weighted by Gasteiger charge is -2.17. The molecule has 1 fully saturated rings. The van der Waals surface area contributed by atoms with Gasteiger partial charge in [-0.2, -0.15) is 0 Å². The molecule has 2 aromatic rings. The first-order chi connectivity index (χ1) is 11.2. The SMILES string of the molecule is CCCc1nnc(NC(=O)[C@@H]2CN(C)C[C@@H]2c2ccccc2)s1. The van der Waals surface area contributed by atoms with Crippen molar-refractivity contribution in [1.82, 2.24) is 15.1 Å². The normalized spacial score (nSPS) is 21.5. The minimum atomic E-state index is -0.0547. The Morgan fingerprint density at radius 3 is 2.83 bits per heavy atom. The molecule has 3 rings (SSSR count). The second-order valence-electron chi connectivity index (χ2n) is 6.09. The van der Waals surface area contributed by atoms with Gasteiger partial charge < -0.3 is 10.2 Å². The first-order valence-corrected chi connectivity index (χ1v) is 8.85. The zero-order chi connectivity index (χ0) is 16.2. The highest BCUT2D eigenvalue weighted by molar-refractivity contribution is 7.15. The molecule has 2 heterocycles. The topological polar surface area (TPSA) is 58.1 Å². The van der Waals surface area contributed by atoms with Gasteiger partial charge >= 0.3 is 0 Å². The second kappa shape index (κ2) is 7.19. The van der Waals surface area contributed by atoms with Crippen molar-refractivity contribution >= 4 is 22.4 Å². The van der Waals surface area contributed by atoms with E-state index in [1.165, 1.54) is 16.9 Å². The number of anilines is 1. The summed E-state index contributed by atoms with van der Waals surface area (Å²) in [6, 6.07) is 10.3. The van der Waals surface area contributed by atoms with Crippen molar-refractivity contribution in [3.8, 4) is 0 Å². The van der Waals surface area contributed by atoms with E-state index >= 15 is 0 Å². The molecule has 0 spiro atoms. The van der Waals surface area contributed by atoms with Gasteiger partial charge in [0.25, 0.3) is 0 Å². The van der Waals surface area contributed by atoms with E-state index in [0.29, 0.717) is 5.13 Å². The third-order valence-electron chi connectivity index (χ3n) is 4.23. The van der Waals surface area contributed by atoms with Crippen molar-refractivity contribution in [2.75, 3.05) is 25.5 Å². The number of aromatic nitrogens is 2. The number of likely N-dealkylation sites (tertiary alicyclic amines) is 1. The maximum absolute atomic E-state index is 12.7. The molecule has 1 aromatic carbocycles. The van der Waals surface area contributed by atoms with Gasteiger partial charge in [0.15, 0.2) is 0 Å². The van der Waals surface area contributed by atoms with Crippen LogP contribution < -0.4 is 5.32 Å². The Balaban J connectivity index is 1.71. The van der Waals surface area contributed by atoms with E-state index in [-0.39, 0.29) is 17.7 Å². The van der Waals surface area contributed by atoms with Crippen LogP contribution in [-0.4, -0.2) is 41.1 Å². The van der Waals surface area contributed by atoms with E-state index in [1.54, 1.807) is 0 Å². The predicted octanol–water partition coefficient (Wildman–Crippen LogP) is 2.77. The molecule has 6 heteroatoms. The number of nitrogens with one attached hydrogen (secondary N) is 1. The molecule has 23 heavy (non-hydrogen) atoms. The zero-order valence-corrected chi connectivity index (χ0v) is 14.3. The van der Waals surface area contributed by atoms with Gasteiger partial charge in [0, 0.05) is 25.4 Å². The maximum atomic E-state index is 12.7. The van der Waals surface area contributed by atoms with E-state index in [9.17, 15) is 4.79 Å². The van der Waals surface area contributed by atoms with Crippen LogP contribution in [0.4, 0.5) is 5.13 Å². The van der Waals surface area contributed by atoms with Crippen LogP contribution in [0.15, 0.2) is 30.3 Å². The van der Waals surface area contributed by atoms with E-state index in [1.807, 2.05) is 18.2 Å². The quantitative estimate of drug-likeness (QED) is 0.916. The minimum absolute atomic E-state index is 0.0439. The molecule has 5 nitrogen and oxygen atoms in total. The number of aryl methyl sites for hydroxylation is 1. The van der Waals surface area contributed by atoms with Gasteiger partial charge in [-0.15, -0.1) is 10.2 Å². The molecule has 0 bridgehead atoms. The molecule has 0 radical (unpaired) electrons. The van der Waals surface area contributed by atoms with Gasteiger partial charge in [0.05, 0.1) is 5.92 Å². The second-order valence-corrected chi connectivity index (χ2v) is 7.15. The van der Waals surface area contributed by atoms with Gasteiger partial charge in [0.1, 0.15) is 5.01 Å². The highest BCUT2D eigenvalue weighted by Crippen LogP contribution is 2.33. The predicted molar refractivity (Wildman–Crippen MR) is 92.7 cm³/mol. The Labute approximate surface area is 140 Å². The number of carbonyl (C=O) groups excluding carboxylic acids is 1. The smallest absolute Gasteiger partial charge is 0.231 e. The van der Waals surface area contributed by atoms with Crippen LogP contribution >= 0.6 is 11.3 Å². The summed E-state index contributed by atoms with van der Waals surface area (Å²) >= 11 is 1.47. The van der Waals surface area contributed by atoms with Crippen LogP contribution in [0.1, 0.15) is 29.8 Å². The lowest BCUT2D eigenvalue weighted by molar-refractivity contribution is -0.119. The van der Waals surface area contributed by atoms with E-state index in [4.69, 9.17) is 0 Å². The first-order valence-electron chi connectivity index (χ1n) is 8.04. The van der Waals surface area contributed by atoms with Gasteiger partial charge in [-0.3, -0.25) is 4.79 Å². The highest BCUT2D eigenvalue weighted by atomic mass is 32.1. The third-order valence-corrected chi connectivity index (χ3v) is 5.13. The van der Waals surface area contributed by atoms with Crippen molar-refractivity contribution in [3.05, 3.63) is 40.9 Å². The first kappa shape index (κ1) is 16.1. The number of likely N-dealkylation sites (N-methyl/N-ethyl adjacent to an activating group) is 1. The minimum Gasteiger partial charge on any atom is -0.305 e. The summed E-state index contributed by atoms with van der Waals surface area (Å²) in [6.07, 6.45) is 1.94. The summed E-state index contributed by atoms with van der Waals surface area (Å²) in [5, 5.41) is 12.8. The molecular formula is C17H22N4OS. The Bertz CT molecular complexity index is 658. The third kappa shape index (κ3) is 3.76. The molecule has 0 saturated carbocycles. The maximum Gasteiger partial charge on any atom is 0.231 e. The molecule has 1 aliphatic rings. The average Bonchev–Trinajstić information content (AvgIpc) is 3.15. The molecule has 122 valence electrons. The van der Waals surface area contributed by atoms with Gasteiger partial charge in [-0.25, -0.2) is 0 Å². The lowest BCUT2D eigenvalue weighted by atomic mass is 9.88. The summed E-state index contributed by atoms with van der Waals surface area (Å²) in [4.78, 5) is 14.9. The number of carbonyl (C=O) groups is 1. The van der Waals surface area contributed by atoms with Crippen LogP contribution in [0.3, 0.4) is 0 Å². The largest absolute Gasteiger partial charge is 0.305 e. The number of nitrogens with zero attached hydrogens (tertiary/aromatic N) is 3. The summed E-state index contributed by atoms with van der Waals surface area (Å²) in [7, 11) is 2.06. The Morgan fingerprint density at radius 2 is 2.09 bits per heavy atom. The van der Waals surface area contributed by atoms with Crippen LogP contribution in [0.5, 0.6) is 0 Å². The zero-order valence-electron chi connectivity index (χ0n) is 13.5. The Kier molecular flexibility index (Phi) is 5.03. The lowest BCUT2D eigenvalue weighted by Crippen LogP contribution is -2.28. The fourth-order valence-corrected chi connectivity index (χ4v) is 3.97. The molecule has 0 unspecified atom stereocenters. The van der Waals surface area contributed by atoms with Crippen LogP contribution in [0.2, 0.25) is 0 Å². The van der Waals surface area contributed by atoms with Crippen LogP contribution in [-0.2, 0) is 11.2 Å². The monoisotopic (exact) mass is 330 g/mol. The number of rotatable bonds is 5. The van der Waals surface area contributed by atoms with E-state index < -0.39 is 0 Å². The Hall–Kier alpha value is -1.79. The Morgan fingerprint density at radius 1 is 1.30 bits per heavy atom. The van der Waals surface area contributed by atoms with Gasteiger partial charge in [0.2, 0.25) is 11.0 Å². The standard InChI is InChI=1S/C17H22N4OS/c1-3-7-15-19-20-17(23-15)18-16(22)14-11-21(2)10-13(14)12-8-5-4-6-9-12/h4-6,8-9,13-14H,3,7,10-11H2,1-2H3,(H,18,20,22)/t13-,14-/m1/s1. The van der Waals surface area contributed by atoms with Crippen LogP contribution in [0.25, 0.3) is 0 Å². The number of hydrogen-bond acceptors (Lipinski definition) is 5. The molecule has 2 atom stereocenters. The van der Waals surface area contributed by atoms with Crippen molar-refractivity contribution in [1.29, 1.82) is 0 Å². The molecule has 1 amide bonds. The summed E-state index contributed by atoms with van der Waals surface area (Å²) in [5.41, 5.74) is 1.22. The van der Waals surface area contributed by atoms with Gasteiger partial charge in [-0.05, 0) is 19.0 Å². The van der Waals surface area contributed by atoms with Gasteiger partial charge in [-0.1, -0.05) is 48.6 Å². The van der Waals surface area contributed by atoms with Crippen molar-refractivity contribution in [2.45, 2.75) is 25.7 Å². The molecular weight excluding hydrogens is 308 g/mol. The molecule has 1 aliphatic heterocycles. The fourth-order valence-electron chi connectivity index (χ4n) is 3.12. The summed E-state index contributed by atoms with van der Waals surface area (Å²) in [5.74, 6) is 0.215. The van der Waals surface area contributed by atoms with Crippen molar-refractivity contribution in [2.24, 2.45) is 5.92 Å². The molecule has 1 saturated heterocycles. The average molecular weight is 330 g/mol. The van der Waals surface area contributed by atoms with E-state index in [0.717, 1.165) is 30.9 Å². The number of benzene rings is 1. The number of amides is 1. The summed E-state index contributed by atoms with van der Waals surface area (Å²) in [6.45, 7) is 3.78. The molecule has 1 aromatic heterocycles. The number of hydrogen-bond donors (Lipinski definition) is 1. The molecule has 1 N–H and O–H groups in total. The van der Waals surface area contributed by atoms with E-state index in [2.05, 4.69) is 46.5 Å². The summed E-state index contributed by atoms with van der Waals surface area (Å²) < 4.78 is 0. The van der Waals surface area contributed by atoms with Crippen LogP contribution in [0, 0.1) is 5.92 Å². The fraction of sp³-hybridized carbons (Fsp3) is 0.471.